The molecule has 0 atom stereocenters. The maximum absolute atomic E-state index is 12.2. The van der Waals surface area contributed by atoms with Gasteiger partial charge in [-0.25, -0.2) is 0 Å². The van der Waals surface area contributed by atoms with Crippen LogP contribution < -0.4 is 10.8 Å². The molecule has 1 heterocycles. The van der Waals surface area contributed by atoms with Gasteiger partial charge in [-0.2, -0.15) is 5.10 Å². The minimum atomic E-state index is -0.963. The van der Waals surface area contributed by atoms with E-state index in [0.29, 0.717) is 33.3 Å². The third kappa shape index (κ3) is 6.32. The second-order valence-corrected chi connectivity index (χ2v) is 8.83. The molecule has 9 heteroatoms. The summed E-state index contributed by atoms with van der Waals surface area (Å²) in [6.45, 7) is 0.516. The van der Waals surface area contributed by atoms with Gasteiger partial charge in [0.05, 0.1) is 24.4 Å². The Bertz CT molecular complexity index is 1370. The molecule has 0 aliphatic heterocycles. The zero-order chi connectivity index (χ0) is 24.9. The highest BCUT2D eigenvalue weighted by molar-refractivity contribution is 6.35. The Labute approximate surface area is 213 Å². The van der Waals surface area contributed by atoms with Crippen LogP contribution in [-0.4, -0.2) is 41.2 Å². The number of halogens is 2. The molecule has 0 spiro atoms. The molecule has 0 aliphatic carbocycles. The van der Waals surface area contributed by atoms with E-state index in [1.807, 2.05) is 47.1 Å². The second-order valence-electron chi connectivity index (χ2n) is 7.95. The molecule has 1 aromatic heterocycles. The van der Waals surface area contributed by atoms with Crippen molar-refractivity contribution in [3.63, 3.8) is 0 Å². The zero-order valence-corrected chi connectivity index (χ0v) is 20.1. The van der Waals surface area contributed by atoms with E-state index in [1.54, 1.807) is 30.3 Å². The predicted molar refractivity (Wildman–Crippen MR) is 139 cm³/mol. The molecule has 2 radical (unpaired) electrons. The Balaban J connectivity index is 1.62. The standard InChI is InChI=1S/C26H20BCl2N3O3/c27-20-3-1-2-18(10-20)24-14-23(19-11-21(28)13-22(29)12-19)31-32(24)15-16-4-6-17(7-5-16)26(35)30-9-8-25(33)34/h1-7,10-14H,8-9,15H2,(H,30,35)(H,33,34). The van der Waals surface area contributed by atoms with Gasteiger partial charge in [0, 0.05) is 27.7 Å². The van der Waals surface area contributed by atoms with Crippen molar-refractivity contribution in [1.29, 1.82) is 0 Å². The highest BCUT2D eigenvalue weighted by Crippen LogP contribution is 2.30. The van der Waals surface area contributed by atoms with Gasteiger partial charge >= 0.3 is 5.97 Å². The Hall–Kier alpha value is -3.55. The topological polar surface area (TPSA) is 84.2 Å². The number of benzene rings is 3. The molecule has 4 rings (SSSR count). The summed E-state index contributed by atoms with van der Waals surface area (Å²) in [7, 11) is 6.02. The van der Waals surface area contributed by atoms with Gasteiger partial charge < -0.3 is 10.4 Å². The van der Waals surface area contributed by atoms with Crippen LogP contribution in [0.15, 0.2) is 72.8 Å². The lowest BCUT2D eigenvalue weighted by molar-refractivity contribution is -0.136. The molecule has 35 heavy (non-hydrogen) atoms. The number of carbonyl (C=O) groups excluding carboxylic acids is 1. The largest absolute Gasteiger partial charge is 0.481 e. The summed E-state index contributed by atoms with van der Waals surface area (Å²) in [4.78, 5) is 22.9. The SMILES string of the molecule is [B]c1cccc(-c2cc(-c3cc(Cl)cc(Cl)c3)nn2Cc2ccc(C(=O)NCCC(=O)O)cc2)c1. The van der Waals surface area contributed by atoms with Crippen molar-refractivity contribution in [2.24, 2.45) is 0 Å². The number of carboxylic acid groups (broad SMARTS) is 1. The number of carbonyl (C=O) groups is 2. The summed E-state index contributed by atoms with van der Waals surface area (Å²) < 4.78 is 1.86. The van der Waals surface area contributed by atoms with Gasteiger partial charge in [0.2, 0.25) is 0 Å². The molecular formula is C26H20BCl2N3O3. The molecular weight excluding hydrogens is 484 g/mol. The molecule has 0 saturated heterocycles. The van der Waals surface area contributed by atoms with E-state index in [-0.39, 0.29) is 18.9 Å². The first-order chi connectivity index (χ1) is 16.8. The average molecular weight is 504 g/mol. The maximum Gasteiger partial charge on any atom is 0.305 e. The van der Waals surface area contributed by atoms with Gasteiger partial charge in [-0.15, -0.1) is 0 Å². The minimum Gasteiger partial charge on any atom is -0.481 e. The molecule has 0 aliphatic rings. The van der Waals surface area contributed by atoms with Crippen LogP contribution in [0.4, 0.5) is 0 Å². The Morgan fingerprint density at radius 1 is 0.943 bits per heavy atom. The number of nitrogens with one attached hydrogen (secondary N) is 1. The van der Waals surface area contributed by atoms with Crippen LogP contribution in [0, 0.1) is 0 Å². The third-order valence-electron chi connectivity index (χ3n) is 5.29. The van der Waals surface area contributed by atoms with Gasteiger partial charge in [0.15, 0.2) is 0 Å². The van der Waals surface area contributed by atoms with Gasteiger partial charge in [-0.3, -0.25) is 14.3 Å². The molecule has 0 unspecified atom stereocenters. The average Bonchev–Trinajstić information content (AvgIpc) is 3.22. The molecule has 6 nitrogen and oxygen atoms in total. The smallest absolute Gasteiger partial charge is 0.305 e. The van der Waals surface area contributed by atoms with Crippen LogP contribution in [0.1, 0.15) is 22.3 Å². The van der Waals surface area contributed by atoms with Crippen LogP contribution in [0.25, 0.3) is 22.5 Å². The Kier molecular flexibility index (Phi) is 7.59. The predicted octanol–water partition coefficient (Wildman–Crippen LogP) is 4.57. The number of aromatic nitrogens is 2. The van der Waals surface area contributed by atoms with Crippen molar-refractivity contribution in [2.45, 2.75) is 13.0 Å². The molecule has 1 amide bonds. The zero-order valence-electron chi connectivity index (χ0n) is 18.5. The van der Waals surface area contributed by atoms with Crippen molar-refractivity contribution in [3.05, 3.63) is 94.0 Å². The molecule has 2 N–H and O–H groups in total. The van der Waals surface area contributed by atoms with E-state index < -0.39 is 5.97 Å². The normalized spacial score (nSPS) is 10.8. The van der Waals surface area contributed by atoms with Crippen LogP contribution in [0.2, 0.25) is 10.0 Å². The number of hydrogen-bond acceptors (Lipinski definition) is 3. The number of hydrogen-bond donors (Lipinski definition) is 2. The van der Waals surface area contributed by atoms with E-state index in [0.717, 1.165) is 22.4 Å². The molecule has 4 aromatic rings. The molecule has 0 saturated carbocycles. The number of nitrogens with zero attached hydrogens (tertiary/aromatic N) is 2. The van der Waals surface area contributed by atoms with Crippen molar-refractivity contribution in [2.75, 3.05) is 6.54 Å². The summed E-state index contributed by atoms with van der Waals surface area (Å²) in [6, 6.07) is 21.9. The third-order valence-corrected chi connectivity index (χ3v) is 5.73. The lowest BCUT2D eigenvalue weighted by atomic mass is 9.93. The monoisotopic (exact) mass is 503 g/mol. The quantitative estimate of drug-likeness (QED) is 0.345. The fourth-order valence-electron chi connectivity index (χ4n) is 3.63. The number of aliphatic carboxylic acids is 1. The highest BCUT2D eigenvalue weighted by atomic mass is 35.5. The van der Waals surface area contributed by atoms with Gasteiger partial charge in [0.25, 0.3) is 5.91 Å². The number of amides is 1. The molecule has 0 fully saturated rings. The first kappa shape index (κ1) is 24.6. The van der Waals surface area contributed by atoms with Crippen molar-refractivity contribution < 1.29 is 14.7 Å². The number of rotatable bonds is 8. The summed E-state index contributed by atoms with van der Waals surface area (Å²) >= 11 is 12.4. The lowest BCUT2D eigenvalue weighted by Gasteiger charge is -2.10. The van der Waals surface area contributed by atoms with Crippen LogP contribution in [0.5, 0.6) is 0 Å². The van der Waals surface area contributed by atoms with E-state index in [1.165, 1.54) is 0 Å². The second kappa shape index (κ2) is 10.8. The first-order valence-corrected chi connectivity index (χ1v) is 11.5. The maximum atomic E-state index is 12.2. The van der Waals surface area contributed by atoms with Crippen LogP contribution >= 0.6 is 23.2 Å². The summed E-state index contributed by atoms with van der Waals surface area (Å²) in [5, 5.41) is 17.1. The van der Waals surface area contributed by atoms with E-state index in [9.17, 15) is 9.59 Å². The Morgan fingerprint density at radius 2 is 1.66 bits per heavy atom. The molecule has 174 valence electrons. The summed E-state index contributed by atoms with van der Waals surface area (Å²) in [6.07, 6.45) is -0.129. The van der Waals surface area contributed by atoms with E-state index in [4.69, 9.17) is 41.3 Å². The molecule has 0 bridgehead atoms. The van der Waals surface area contributed by atoms with Crippen LogP contribution in [0.3, 0.4) is 0 Å². The number of carboxylic acids is 1. The summed E-state index contributed by atoms with van der Waals surface area (Å²) in [5.74, 6) is -1.28. The van der Waals surface area contributed by atoms with E-state index >= 15 is 0 Å². The van der Waals surface area contributed by atoms with Gasteiger partial charge in [-0.1, -0.05) is 65.1 Å². The van der Waals surface area contributed by atoms with Gasteiger partial charge in [-0.05, 0) is 47.5 Å². The fourth-order valence-corrected chi connectivity index (χ4v) is 4.16. The Morgan fingerprint density at radius 3 is 2.31 bits per heavy atom. The summed E-state index contributed by atoms with van der Waals surface area (Å²) in [5.41, 5.74) is 5.29. The lowest BCUT2D eigenvalue weighted by Crippen LogP contribution is -2.25. The molecule has 3 aromatic carbocycles. The van der Waals surface area contributed by atoms with Gasteiger partial charge in [0.1, 0.15) is 7.85 Å². The minimum absolute atomic E-state index is 0.0725. The fraction of sp³-hybridized carbons (Fsp3) is 0.115. The van der Waals surface area contributed by atoms with Crippen molar-refractivity contribution in [3.8, 4) is 22.5 Å². The van der Waals surface area contributed by atoms with E-state index in [2.05, 4.69) is 5.32 Å². The van der Waals surface area contributed by atoms with Crippen molar-refractivity contribution >= 4 is 48.4 Å². The highest BCUT2D eigenvalue weighted by Gasteiger charge is 2.14. The van der Waals surface area contributed by atoms with Crippen molar-refractivity contribution in [1.82, 2.24) is 15.1 Å². The van der Waals surface area contributed by atoms with Crippen LogP contribution in [-0.2, 0) is 11.3 Å². The first-order valence-electron chi connectivity index (χ1n) is 10.8.